The van der Waals surface area contributed by atoms with Gasteiger partial charge in [-0.05, 0) is 24.6 Å². The maximum Gasteiger partial charge on any atom is 0.182 e. The Morgan fingerprint density at radius 1 is 1.09 bits per heavy atom. The zero-order valence-electron chi connectivity index (χ0n) is 13.0. The monoisotopic (exact) mass is 331 g/mol. The van der Waals surface area contributed by atoms with Gasteiger partial charge in [0, 0.05) is 17.9 Å². The van der Waals surface area contributed by atoms with E-state index in [9.17, 15) is 13.5 Å². The van der Waals surface area contributed by atoms with Crippen molar-refractivity contribution >= 4 is 9.84 Å². The van der Waals surface area contributed by atoms with Gasteiger partial charge in [0.15, 0.2) is 9.84 Å². The van der Waals surface area contributed by atoms with Crippen molar-refractivity contribution in [1.82, 2.24) is 0 Å². The molecule has 5 heteroatoms. The minimum Gasteiger partial charge on any atom is -0.396 e. The third-order valence-electron chi connectivity index (χ3n) is 4.90. The van der Waals surface area contributed by atoms with Crippen molar-refractivity contribution in [3.8, 4) is 0 Å². The summed E-state index contributed by atoms with van der Waals surface area (Å²) in [6, 6.07) is 16.3. The lowest BCUT2D eigenvalue weighted by Gasteiger charge is -2.12. The fraction of sp³-hybridized carbons (Fsp3) is 0.333. The molecule has 0 amide bonds. The third-order valence-corrected chi connectivity index (χ3v) is 7.24. The van der Waals surface area contributed by atoms with Crippen molar-refractivity contribution in [2.75, 3.05) is 13.2 Å². The number of benzene rings is 2. The molecule has 1 fully saturated rings. The van der Waals surface area contributed by atoms with Crippen LogP contribution in [0.2, 0.25) is 0 Å². The molecule has 1 saturated carbocycles. The van der Waals surface area contributed by atoms with Crippen molar-refractivity contribution in [2.24, 2.45) is 11.1 Å². The molecule has 0 saturated heterocycles. The lowest BCUT2D eigenvalue weighted by molar-refractivity contribution is 0.212. The summed E-state index contributed by atoms with van der Waals surface area (Å²) in [5, 5.41) is 9.18. The molecule has 2 aromatic carbocycles. The van der Waals surface area contributed by atoms with Crippen LogP contribution in [0.4, 0.5) is 0 Å². The highest BCUT2D eigenvalue weighted by Crippen LogP contribution is 2.63. The predicted octanol–water partition coefficient (Wildman–Crippen LogP) is 1.87. The van der Waals surface area contributed by atoms with Crippen LogP contribution in [0, 0.1) is 12.3 Å². The molecule has 0 spiro atoms. The molecule has 1 aliphatic carbocycles. The Kier molecular flexibility index (Phi) is 4.04. The molecule has 1 aliphatic rings. The summed E-state index contributed by atoms with van der Waals surface area (Å²) in [5.41, 5.74) is 6.99. The molecule has 0 aliphatic heterocycles. The average Bonchev–Trinajstić information content (AvgIpc) is 3.27. The SMILES string of the molecule is Cc1ccc(S(=O)(=O)[C@H]2[C@H](c3ccccc3)[C@@]2(CN)CO)cc1. The van der Waals surface area contributed by atoms with E-state index in [-0.39, 0.29) is 24.0 Å². The second kappa shape index (κ2) is 5.74. The summed E-state index contributed by atoms with van der Waals surface area (Å²) in [6.07, 6.45) is 0. The minimum absolute atomic E-state index is 0.138. The smallest absolute Gasteiger partial charge is 0.182 e. The average molecular weight is 331 g/mol. The first-order valence-corrected chi connectivity index (χ1v) is 9.18. The van der Waals surface area contributed by atoms with Gasteiger partial charge in [0.1, 0.15) is 0 Å². The first-order chi connectivity index (χ1) is 11.0. The molecule has 0 bridgehead atoms. The highest BCUT2D eigenvalue weighted by molar-refractivity contribution is 7.92. The molecule has 0 aromatic heterocycles. The molecule has 23 heavy (non-hydrogen) atoms. The lowest BCUT2D eigenvalue weighted by atomic mass is 10.0. The van der Waals surface area contributed by atoms with Gasteiger partial charge in [-0.3, -0.25) is 0 Å². The van der Waals surface area contributed by atoms with Crippen LogP contribution in [0.1, 0.15) is 17.0 Å². The van der Waals surface area contributed by atoms with Crippen LogP contribution in [0.25, 0.3) is 0 Å². The second-order valence-electron chi connectivity index (χ2n) is 6.26. The van der Waals surface area contributed by atoms with E-state index in [0.717, 1.165) is 11.1 Å². The number of aliphatic hydroxyl groups is 1. The van der Waals surface area contributed by atoms with Gasteiger partial charge in [-0.15, -0.1) is 0 Å². The van der Waals surface area contributed by atoms with E-state index in [4.69, 9.17) is 5.73 Å². The Morgan fingerprint density at radius 2 is 1.70 bits per heavy atom. The number of rotatable bonds is 5. The molecule has 0 unspecified atom stereocenters. The number of aryl methyl sites for hydroxylation is 1. The van der Waals surface area contributed by atoms with E-state index in [1.54, 1.807) is 24.3 Å². The van der Waals surface area contributed by atoms with Crippen LogP contribution in [0.5, 0.6) is 0 Å². The molecule has 122 valence electrons. The largest absolute Gasteiger partial charge is 0.396 e. The Hall–Kier alpha value is -1.69. The minimum atomic E-state index is -3.55. The zero-order chi connectivity index (χ0) is 16.7. The van der Waals surface area contributed by atoms with Crippen molar-refractivity contribution in [2.45, 2.75) is 23.0 Å². The van der Waals surface area contributed by atoms with E-state index in [1.165, 1.54) is 0 Å². The van der Waals surface area contributed by atoms with Crippen molar-refractivity contribution in [1.29, 1.82) is 0 Å². The summed E-state index contributed by atoms with van der Waals surface area (Å²) in [6.45, 7) is 1.82. The maximum absolute atomic E-state index is 13.1. The Bertz CT molecular complexity index is 781. The first-order valence-electron chi connectivity index (χ1n) is 7.64. The van der Waals surface area contributed by atoms with Gasteiger partial charge in [-0.1, -0.05) is 48.0 Å². The molecule has 0 heterocycles. The predicted molar refractivity (Wildman–Crippen MR) is 89.9 cm³/mol. The number of sulfone groups is 1. The molecule has 0 radical (unpaired) electrons. The van der Waals surface area contributed by atoms with Crippen LogP contribution in [-0.2, 0) is 9.84 Å². The molecule has 4 nitrogen and oxygen atoms in total. The van der Waals surface area contributed by atoms with Gasteiger partial charge in [0.2, 0.25) is 0 Å². The molecule has 3 N–H and O–H groups in total. The fourth-order valence-corrected chi connectivity index (χ4v) is 5.93. The highest BCUT2D eigenvalue weighted by Gasteiger charge is 2.70. The van der Waals surface area contributed by atoms with E-state index in [1.807, 2.05) is 37.3 Å². The molecule has 3 atom stereocenters. The Balaban J connectivity index is 2.05. The van der Waals surface area contributed by atoms with Crippen LogP contribution in [-0.4, -0.2) is 31.9 Å². The Morgan fingerprint density at radius 3 is 2.22 bits per heavy atom. The van der Waals surface area contributed by atoms with Gasteiger partial charge in [-0.2, -0.15) is 0 Å². The number of aliphatic hydroxyl groups excluding tert-OH is 1. The number of nitrogens with two attached hydrogens (primary N) is 1. The summed E-state index contributed by atoms with van der Waals surface area (Å²) in [5.74, 6) is -0.273. The topological polar surface area (TPSA) is 80.4 Å². The third kappa shape index (κ3) is 2.49. The van der Waals surface area contributed by atoms with Crippen molar-refractivity contribution in [3.05, 3.63) is 65.7 Å². The van der Waals surface area contributed by atoms with Crippen molar-refractivity contribution in [3.63, 3.8) is 0 Å². The molecular weight excluding hydrogens is 310 g/mol. The molecule has 2 aromatic rings. The zero-order valence-corrected chi connectivity index (χ0v) is 13.8. The summed E-state index contributed by atoms with van der Waals surface area (Å²) < 4.78 is 26.1. The molecule has 3 rings (SSSR count). The molecular formula is C18H21NO3S. The van der Waals surface area contributed by atoms with Crippen molar-refractivity contribution < 1.29 is 13.5 Å². The van der Waals surface area contributed by atoms with Gasteiger partial charge in [0.25, 0.3) is 0 Å². The number of hydrogen-bond donors (Lipinski definition) is 2. The first kappa shape index (κ1) is 16.2. The standard InChI is InChI=1S/C18H21NO3S/c1-13-7-9-15(10-8-13)23(21,22)17-16(18(17,11-19)12-20)14-5-3-2-4-6-14/h2-10,16-17,20H,11-12,19H2,1H3/t16-,17-,18+/m0/s1. The van der Waals surface area contributed by atoms with Crippen LogP contribution >= 0.6 is 0 Å². The highest BCUT2D eigenvalue weighted by atomic mass is 32.2. The van der Waals surface area contributed by atoms with Gasteiger partial charge < -0.3 is 10.8 Å². The lowest BCUT2D eigenvalue weighted by Crippen LogP contribution is -2.27. The van der Waals surface area contributed by atoms with E-state index < -0.39 is 20.5 Å². The van der Waals surface area contributed by atoms with Gasteiger partial charge >= 0.3 is 0 Å². The van der Waals surface area contributed by atoms with E-state index >= 15 is 0 Å². The number of hydrogen-bond acceptors (Lipinski definition) is 4. The summed E-state index contributed by atoms with van der Waals surface area (Å²) >= 11 is 0. The van der Waals surface area contributed by atoms with E-state index in [2.05, 4.69) is 0 Å². The van der Waals surface area contributed by atoms with Crippen LogP contribution < -0.4 is 5.73 Å². The maximum atomic E-state index is 13.1. The van der Waals surface area contributed by atoms with E-state index in [0.29, 0.717) is 0 Å². The normalized spacial score (nSPS) is 26.9. The van der Waals surface area contributed by atoms with Crippen LogP contribution in [0.3, 0.4) is 0 Å². The quantitative estimate of drug-likeness (QED) is 0.876. The Labute approximate surface area is 136 Å². The van der Waals surface area contributed by atoms with Crippen LogP contribution in [0.15, 0.2) is 59.5 Å². The van der Waals surface area contributed by atoms with Gasteiger partial charge in [-0.25, -0.2) is 8.42 Å². The second-order valence-corrected chi connectivity index (χ2v) is 8.33. The summed E-state index contributed by atoms with van der Waals surface area (Å²) in [7, 11) is -3.55. The fourth-order valence-electron chi connectivity index (χ4n) is 3.48. The van der Waals surface area contributed by atoms with Gasteiger partial charge in [0.05, 0.1) is 16.8 Å². The summed E-state index contributed by atoms with van der Waals surface area (Å²) in [4.78, 5) is 0.290.